The molecular formula is C31H20BrF3N2O4. The van der Waals surface area contributed by atoms with Crippen molar-refractivity contribution in [1.29, 1.82) is 0 Å². The zero-order valence-electron chi connectivity index (χ0n) is 21.1. The highest BCUT2D eigenvalue weighted by Crippen LogP contribution is 2.47. The Morgan fingerprint density at radius 2 is 1.49 bits per heavy atom. The van der Waals surface area contributed by atoms with Crippen LogP contribution in [0.4, 0.5) is 18.9 Å². The second-order valence-corrected chi connectivity index (χ2v) is 10.9. The highest BCUT2D eigenvalue weighted by molar-refractivity contribution is 9.10. The highest BCUT2D eigenvalue weighted by atomic mass is 79.9. The van der Waals surface area contributed by atoms with E-state index in [2.05, 4.69) is 15.9 Å². The number of fused-ring (bicyclic) bond motifs is 3. The maximum Gasteiger partial charge on any atom is 0.416 e. The molecule has 2 amide bonds. The Morgan fingerprint density at radius 1 is 0.805 bits per heavy atom. The minimum absolute atomic E-state index is 0.221. The van der Waals surface area contributed by atoms with Gasteiger partial charge in [-0.2, -0.15) is 13.2 Å². The van der Waals surface area contributed by atoms with E-state index in [1.54, 1.807) is 77.8 Å². The van der Waals surface area contributed by atoms with Crippen LogP contribution in [0.5, 0.6) is 0 Å². The molecule has 2 saturated heterocycles. The molecule has 6 nitrogen and oxygen atoms in total. The Kier molecular flexibility index (Phi) is 6.53. The van der Waals surface area contributed by atoms with Gasteiger partial charge in [0, 0.05) is 27.4 Å². The van der Waals surface area contributed by atoms with Gasteiger partial charge in [-0.3, -0.25) is 19.2 Å². The summed E-state index contributed by atoms with van der Waals surface area (Å²) >= 11 is 3.33. The maximum absolute atomic E-state index is 13.9. The Hall–Kier alpha value is -4.31. The topological polar surface area (TPSA) is 74.8 Å². The molecule has 0 N–H and O–H groups in total. The lowest BCUT2D eigenvalue weighted by atomic mass is 9.85. The van der Waals surface area contributed by atoms with Crippen molar-refractivity contribution >= 4 is 45.0 Å². The summed E-state index contributed by atoms with van der Waals surface area (Å²) in [6.45, 7) is 0. The van der Waals surface area contributed by atoms with Gasteiger partial charge in [0.2, 0.25) is 11.8 Å². The monoisotopic (exact) mass is 620 g/mol. The number of ketones is 2. The van der Waals surface area contributed by atoms with E-state index in [0.29, 0.717) is 11.1 Å². The van der Waals surface area contributed by atoms with Crippen LogP contribution in [0, 0.1) is 11.8 Å². The summed E-state index contributed by atoms with van der Waals surface area (Å²) in [5, 5.41) is 0. The number of carbonyl (C=O) groups excluding carboxylic acids is 4. The van der Waals surface area contributed by atoms with Crippen LogP contribution in [0.3, 0.4) is 0 Å². The van der Waals surface area contributed by atoms with Gasteiger partial charge in [-0.05, 0) is 36.4 Å². The first kappa shape index (κ1) is 26.9. The molecule has 3 aromatic rings. The number of halogens is 4. The number of anilines is 1. The minimum Gasteiger partial charge on any atom is -0.359 e. The summed E-state index contributed by atoms with van der Waals surface area (Å²) in [6, 6.07) is 17.1. The van der Waals surface area contributed by atoms with Crippen molar-refractivity contribution in [2.45, 2.75) is 18.3 Å². The highest BCUT2D eigenvalue weighted by Gasteiger charge is 2.63. The second kappa shape index (κ2) is 9.95. The molecule has 6 rings (SSSR count). The van der Waals surface area contributed by atoms with Crippen LogP contribution in [0.25, 0.3) is 0 Å². The van der Waals surface area contributed by atoms with Crippen molar-refractivity contribution in [3.8, 4) is 0 Å². The molecule has 3 aromatic carbocycles. The van der Waals surface area contributed by atoms with Crippen LogP contribution in [-0.4, -0.2) is 40.4 Å². The van der Waals surface area contributed by atoms with Crippen LogP contribution in [0.15, 0.2) is 107 Å². The van der Waals surface area contributed by atoms with E-state index in [0.717, 1.165) is 27.6 Å². The average Bonchev–Trinajstić information content (AvgIpc) is 3.44. The van der Waals surface area contributed by atoms with Gasteiger partial charge >= 0.3 is 6.18 Å². The van der Waals surface area contributed by atoms with Crippen LogP contribution in [0.1, 0.15) is 26.3 Å². The number of alkyl halides is 3. The number of nitrogens with zero attached hydrogens (tertiary/aromatic N) is 2. The fraction of sp³-hybridized carbons (Fsp3) is 0.161. The van der Waals surface area contributed by atoms with Crippen LogP contribution < -0.4 is 4.90 Å². The van der Waals surface area contributed by atoms with Crippen molar-refractivity contribution in [3.63, 3.8) is 0 Å². The van der Waals surface area contributed by atoms with Gasteiger partial charge in [0.25, 0.3) is 0 Å². The Balaban J connectivity index is 1.43. The predicted molar refractivity (Wildman–Crippen MR) is 147 cm³/mol. The SMILES string of the molecule is O=C(C1=C[C@H]2[C@H]3C(=O)N(c4cccc(C(F)(F)F)c4)C(=O)[C@@H]3[C@H](C(=O)c3ccc(Br)cc3)N2C=C1)c1ccccc1. The fourth-order valence-corrected chi connectivity index (χ4v) is 6.08. The molecule has 10 heteroatoms. The van der Waals surface area contributed by atoms with Crippen molar-refractivity contribution in [1.82, 2.24) is 4.90 Å². The number of hydrogen-bond donors (Lipinski definition) is 0. The van der Waals surface area contributed by atoms with Crippen LogP contribution in [0.2, 0.25) is 0 Å². The summed E-state index contributed by atoms with van der Waals surface area (Å²) in [5.74, 6) is -4.47. The van der Waals surface area contributed by atoms with E-state index in [-0.39, 0.29) is 17.0 Å². The molecule has 0 aromatic heterocycles. The van der Waals surface area contributed by atoms with Gasteiger partial charge in [-0.1, -0.05) is 70.5 Å². The molecule has 0 spiro atoms. The van der Waals surface area contributed by atoms with Crippen LogP contribution >= 0.6 is 15.9 Å². The van der Waals surface area contributed by atoms with Gasteiger partial charge in [0.1, 0.15) is 6.04 Å². The molecule has 41 heavy (non-hydrogen) atoms. The second-order valence-electron chi connectivity index (χ2n) is 10.00. The van der Waals surface area contributed by atoms with Crippen LogP contribution in [-0.2, 0) is 15.8 Å². The van der Waals surface area contributed by atoms with E-state index in [1.165, 1.54) is 6.07 Å². The molecule has 4 atom stereocenters. The predicted octanol–water partition coefficient (Wildman–Crippen LogP) is 5.85. The molecular weight excluding hydrogens is 601 g/mol. The van der Waals surface area contributed by atoms with Gasteiger partial charge in [-0.25, -0.2) is 4.90 Å². The third-order valence-corrected chi connectivity index (χ3v) is 8.20. The standard InChI is InChI=1S/C31H20BrF3N2O4/c32-21-11-9-18(10-12-21)28(39)26-25-24(23-15-19(13-14-36(23)26)27(38)17-5-2-1-3-6-17)29(40)37(30(25)41)22-8-4-7-20(16-22)31(33,34)35/h1-16,23-26H/t23-,24+,25-,26+/m0/s1. The van der Waals surface area contributed by atoms with Crippen molar-refractivity contribution in [2.24, 2.45) is 11.8 Å². The van der Waals surface area contributed by atoms with Crippen molar-refractivity contribution < 1.29 is 32.3 Å². The van der Waals surface area contributed by atoms with E-state index >= 15 is 0 Å². The molecule has 0 aliphatic carbocycles. The number of allylic oxidation sites excluding steroid dienone is 2. The summed E-state index contributed by atoms with van der Waals surface area (Å²) in [7, 11) is 0. The first-order chi connectivity index (χ1) is 19.6. The largest absolute Gasteiger partial charge is 0.416 e. The van der Waals surface area contributed by atoms with Gasteiger partial charge in [0.05, 0.1) is 29.1 Å². The number of benzene rings is 3. The number of Topliss-reactive ketones (excluding diaryl/α,β-unsaturated/α-hetero) is 2. The Morgan fingerprint density at radius 3 is 2.17 bits per heavy atom. The molecule has 0 radical (unpaired) electrons. The van der Waals surface area contributed by atoms with Gasteiger partial charge < -0.3 is 4.90 Å². The number of carbonyl (C=O) groups is 4. The van der Waals surface area contributed by atoms with E-state index in [4.69, 9.17) is 0 Å². The smallest absolute Gasteiger partial charge is 0.359 e. The quantitative estimate of drug-likeness (QED) is 0.264. The number of imide groups is 1. The van der Waals surface area contributed by atoms with Gasteiger partial charge in [-0.15, -0.1) is 0 Å². The lowest BCUT2D eigenvalue weighted by molar-refractivity contribution is -0.137. The normalized spacial score (nSPS) is 23.4. The molecule has 0 saturated carbocycles. The fourth-order valence-electron chi connectivity index (χ4n) is 5.81. The molecule has 0 bridgehead atoms. The maximum atomic E-state index is 13.9. The van der Waals surface area contributed by atoms with Crippen molar-refractivity contribution in [2.75, 3.05) is 4.90 Å². The molecule has 2 fully saturated rings. The average molecular weight is 621 g/mol. The minimum atomic E-state index is -4.68. The molecule has 206 valence electrons. The third kappa shape index (κ3) is 4.52. The zero-order valence-corrected chi connectivity index (χ0v) is 22.7. The van der Waals surface area contributed by atoms with E-state index in [9.17, 15) is 32.3 Å². The number of rotatable bonds is 5. The first-order valence-corrected chi connectivity index (χ1v) is 13.5. The molecule has 3 aliphatic heterocycles. The molecule has 3 heterocycles. The molecule has 0 unspecified atom stereocenters. The van der Waals surface area contributed by atoms with E-state index < -0.39 is 53.3 Å². The van der Waals surface area contributed by atoms with Crippen molar-refractivity contribution in [3.05, 3.63) is 124 Å². The summed E-state index contributed by atoms with van der Waals surface area (Å²) in [4.78, 5) is 57.2. The number of amides is 2. The summed E-state index contributed by atoms with van der Waals surface area (Å²) in [5.41, 5.74) is -0.215. The summed E-state index contributed by atoms with van der Waals surface area (Å²) in [6.07, 6.45) is -0.00904. The lowest BCUT2D eigenvalue weighted by Gasteiger charge is -2.33. The first-order valence-electron chi connectivity index (χ1n) is 12.7. The summed E-state index contributed by atoms with van der Waals surface area (Å²) < 4.78 is 41.1. The number of hydrogen-bond acceptors (Lipinski definition) is 5. The van der Waals surface area contributed by atoms with Gasteiger partial charge in [0.15, 0.2) is 11.6 Å². The lowest BCUT2D eigenvalue weighted by Crippen LogP contribution is -2.46. The third-order valence-electron chi connectivity index (χ3n) is 7.68. The Labute approximate surface area is 240 Å². The van der Waals surface area contributed by atoms with E-state index in [1.807, 2.05) is 0 Å². The molecule has 3 aliphatic rings. The Bertz CT molecular complexity index is 1650. The zero-order chi connectivity index (χ0) is 29.1.